The number of carbonyl (C=O) groups excluding carboxylic acids is 2. The summed E-state index contributed by atoms with van der Waals surface area (Å²) < 4.78 is 11.3. The van der Waals surface area contributed by atoms with E-state index in [1.54, 1.807) is 25.4 Å². The maximum atomic E-state index is 13.6. The Hall–Kier alpha value is -3.87. The van der Waals surface area contributed by atoms with Crippen LogP contribution in [0.2, 0.25) is 0 Å². The van der Waals surface area contributed by atoms with Gasteiger partial charge in [-0.15, -0.1) is 0 Å². The fourth-order valence-electron chi connectivity index (χ4n) is 4.73. The SMILES string of the molecule is C=CCOc1ccc(C2C(C(=O)Nc3ccc(C)cn3)=C(C)NC3=C2C(=O)CC(C)C3)cc1OC. The molecule has 182 valence electrons. The Morgan fingerprint density at radius 1 is 1.23 bits per heavy atom. The summed E-state index contributed by atoms with van der Waals surface area (Å²) in [5.41, 5.74) is 4.50. The fourth-order valence-corrected chi connectivity index (χ4v) is 4.73. The van der Waals surface area contributed by atoms with Gasteiger partial charge < -0.3 is 20.1 Å². The lowest BCUT2D eigenvalue weighted by molar-refractivity contribution is -0.117. The molecule has 0 radical (unpaired) electrons. The highest BCUT2D eigenvalue weighted by Crippen LogP contribution is 2.45. The number of hydrogen-bond acceptors (Lipinski definition) is 6. The summed E-state index contributed by atoms with van der Waals surface area (Å²) in [6.07, 6.45) is 4.56. The first-order valence-corrected chi connectivity index (χ1v) is 11.7. The van der Waals surface area contributed by atoms with Crippen molar-refractivity contribution in [1.29, 1.82) is 0 Å². The number of aryl methyl sites for hydroxylation is 1. The van der Waals surface area contributed by atoms with E-state index in [4.69, 9.17) is 9.47 Å². The smallest absolute Gasteiger partial charge is 0.255 e. The van der Waals surface area contributed by atoms with E-state index in [0.29, 0.717) is 47.2 Å². The minimum Gasteiger partial charge on any atom is -0.493 e. The first kappa shape index (κ1) is 24.3. The predicted octanol–water partition coefficient (Wildman–Crippen LogP) is 4.82. The van der Waals surface area contributed by atoms with Gasteiger partial charge in [-0.25, -0.2) is 4.98 Å². The summed E-state index contributed by atoms with van der Waals surface area (Å²) in [6, 6.07) is 9.19. The summed E-state index contributed by atoms with van der Waals surface area (Å²) in [6.45, 7) is 9.90. The number of aromatic nitrogens is 1. The van der Waals surface area contributed by atoms with Crippen LogP contribution < -0.4 is 20.1 Å². The van der Waals surface area contributed by atoms with Crippen LogP contribution in [0.4, 0.5) is 5.82 Å². The number of carbonyl (C=O) groups is 2. The highest BCUT2D eigenvalue weighted by Gasteiger charge is 2.40. The molecule has 2 heterocycles. The fraction of sp³-hybridized carbons (Fsp3) is 0.321. The minimum absolute atomic E-state index is 0.0495. The Kier molecular flexibility index (Phi) is 7.05. The van der Waals surface area contributed by atoms with Gasteiger partial charge in [-0.05, 0) is 55.5 Å². The Bertz CT molecular complexity index is 1230. The third-order valence-corrected chi connectivity index (χ3v) is 6.31. The van der Waals surface area contributed by atoms with Gasteiger partial charge >= 0.3 is 0 Å². The molecule has 1 aliphatic heterocycles. The third-order valence-electron chi connectivity index (χ3n) is 6.31. The highest BCUT2D eigenvalue weighted by atomic mass is 16.5. The van der Waals surface area contributed by atoms with Crippen molar-refractivity contribution in [2.45, 2.75) is 39.5 Å². The lowest BCUT2D eigenvalue weighted by Crippen LogP contribution is -2.37. The summed E-state index contributed by atoms with van der Waals surface area (Å²) in [5, 5.41) is 6.27. The second-order valence-electron chi connectivity index (χ2n) is 9.11. The largest absolute Gasteiger partial charge is 0.493 e. The highest BCUT2D eigenvalue weighted by molar-refractivity contribution is 6.09. The third kappa shape index (κ3) is 4.99. The second-order valence-corrected chi connectivity index (χ2v) is 9.11. The van der Waals surface area contributed by atoms with E-state index >= 15 is 0 Å². The molecule has 35 heavy (non-hydrogen) atoms. The molecule has 4 rings (SSSR count). The number of hydrogen-bond donors (Lipinski definition) is 2. The van der Waals surface area contributed by atoms with Crippen LogP contribution in [0.15, 0.2) is 71.7 Å². The van der Waals surface area contributed by atoms with Crippen molar-refractivity contribution >= 4 is 17.5 Å². The molecule has 2 atom stereocenters. The Labute approximate surface area is 205 Å². The number of ether oxygens (including phenoxy) is 2. The number of pyridine rings is 1. The van der Waals surface area contributed by atoms with Crippen LogP contribution >= 0.6 is 0 Å². The summed E-state index contributed by atoms with van der Waals surface area (Å²) >= 11 is 0. The first-order valence-electron chi connectivity index (χ1n) is 11.7. The monoisotopic (exact) mass is 473 g/mol. The van der Waals surface area contributed by atoms with E-state index < -0.39 is 5.92 Å². The van der Waals surface area contributed by atoms with Gasteiger partial charge in [0.1, 0.15) is 12.4 Å². The molecule has 0 saturated carbocycles. The minimum atomic E-state index is -0.543. The van der Waals surface area contributed by atoms with E-state index in [1.807, 2.05) is 38.1 Å². The topological polar surface area (TPSA) is 89.5 Å². The van der Waals surface area contributed by atoms with Crippen LogP contribution in [0.5, 0.6) is 11.5 Å². The van der Waals surface area contributed by atoms with Crippen molar-refractivity contribution in [1.82, 2.24) is 10.3 Å². The van der Waals surface area contributed by atoms with Gasteiger partial charge in [0.15, 0.2) is 17.3 Å². The van der Waals surface area contributed by atoms with Crippen LogP contribution in [0.3, 0.4) is 0 Å². The van der Waals surface area contributed by atoms with E-state index in [9.17, 15) is 9.59 Å². The zero-order valence-electron chi connectivity index (χ0n) is 20.6. The summed E-state index contributed by atoms with van der Waals surface area (Å²) in [5.74, 6) is 0.984. The van der Waals surface area contributed by atoms with E-state index in [-0.39, 0.29) is 17.6 Å². The normalized spacial score (nSPS) is 19.6. The number of nitrogens with zero attached hydrogens (tertiary/aromatic N) is 1. The number of rotatable bonds is 7. The molecule has 0 spiro atoms. The van der Waals surface area contributed by atoms with Gasteiger partial charge in [0.25, 0.3) is 5.91 Å². The van der Waals surface area contributed by atoms with Crippen molar-refractivity contribution in [3.05, 3.63) is 82.9 Å². The number of ketones is 1. The molecule has 1 aromatic heterocycles. The Balaban J connectivity index is 1.80. The molecule has 1 aliphatic carbocycles. The predicted molar refractivity (Wildman–Crippen MR) is 135 cm³/mol. The van der Waals surface area contributed by atoms with Crippen molar-refractivity contribution in [3.8, 4) is 11.5 Å². The second kappa shape index (κ2) is 10.2. The maximum Gasteiger partial charge on any atom is 0.255 e. The van der Waals surface area contributed by atoms with Crippen molar-refractivity contribution in [2.75, 3.05) is 19.0 Å². The van der Waals surface area contributed by atoms with Gasteiger partial charge in [0.2, 0.25) is 0 Å². The number of amides is 1. The number of allylic oxidation sites excluding steroid dienone is 3. The lowest BCUT2D eigenvalue weighted by atomic mass is 9.73. The average Bonchev–Trinajstić information content (AvgIpc) is 2.82. The van der Waals surface area contributed by atoms with Crippen LogP contribution in [-0.2, 0) is 9.59 Å². The van der Waals surface area contributed by atoms with E-state index in [2.05, 4.69) is 29.1 Å². The number of methoxy groups -OCH3 is 1. The Morgan fingerprint density at radius 3 is 2.71 bits per heavy atom. The quantitative estimate of drug-likeness (QED) is 0.561. The number of Topliss-reactive ketones (excluding diaryl/α,β-unsaturated/α-hetero) is 1. The Morgan fingerprint density at radius 2 is 2.03 bits per heavy atom. The van der Waals surface area contributed by atoms with Crippen LogP contribution in [0.25, 0.3) is 0 Å². The average molecular weight is 474 g/mol. The van der Waals surface area contributed by atoms with Crippen molar-refractivity contribution in [3.63, 3.8) is 0 Å². The molecule has 0 saturated heterocycles. The zero-order valence-corrected chi connectivity index (χ0v) is 20.6. The molecule has 0 fully saturated rings. The number of anilines is 1. The molecule has 7 heteroatoms. The maximum absolute atomic E-state index is 13.6. The molecule has 2 aromatic rings. The molecule has 2 unspecified atom stereocenters. The van der Waals surface area contributed by atoms with Gasteiger partial charge in [-0.2, -0.15) is 0 Å². The van der Waals surface area contributed by atoms with Gasteiger partial charge in [-0.1, -0.05) is 31.7 Å². The van der Waals surface area contributed by atoms with Crippen molar-refractivity contribution in [2.24, 2.45) is 5.92 Å². The van der Waals surface area contributed by atoms with Crippen molar-refractivity contribution < 1.29 is 19.1 Å². The lowest BCUT2D eigenvalue weighted by Gasteiger charge is -2.36. The van der Waals surface area contributed by atoms with Crippen LogP contribution in [-0.4, -0.2) is 30.4 Å². The molecule has 1 aromatic carbocycles. The molecule has 2 N–H and O–H groups in total. The molecule has 7 nitrogen and oxygen atoms in total. The first-order chi connectivity index (χ1) is 16.8. The van der Waals surface area contributed by atoms with Crippen LogP contribution in [0, 0.1) is 12.8 Å². The summed E-state index contributed by atoms with van der Waals surface area (Å²) in [4.78, 5) is 31.2. The van der Waals surface area contributed by atoms with E-state index in [1.165, 1.54) is 0 Å². The zero-order chi connectivity index (χ0) is 25.1. The molecular weight excluding hydrogens is 442 g/mol. The molecule has 1 amide bonds. The standard InChI is InChI=1S/C28H31N3O4/c1-6-11-35-22-9-8-19(14-23(22)34-5)26-25(28(33)31-24-10-7-16(2)15-29-24)18(4)30-20-12-17(3)13-21(32)27(20)26/h6-10,14-15,17,26,30H,1,11-13H2,2-5H3,(H,29,31,33). The molecular formula is C28H31N3O4. The van der Waals surface area contributed by atoms with Crippen LogP contribution in [0.1, 0.15) is 43.7 Å². The molecule has 2 aliphatic rings. The van der Waals surface area contributed by atoms with Gasteiger partial charge in [0, 0.05) is 41.1 Å². The van der Waals surface area contributed by atoms with E-state index in [0.717, 1.165) is 23.2 Å². The number of nitrogens with one attached hydrogen (secondary N) is 2. The number of dihydropyridines is 1. The molecule has 0 bridgehead atoms. The number of benzene rings is 1. The van der Waals surface area contributed by atoms with Gasteiger partial charge in [0.05, 0.1) is 7.11 Å². The van der Waals surface area contributed by atoms with Gasteiger partial charge in [-0.3, -0.25) is 9.59 Å². The summed E-state index contributed by atoms with van der Waals surface area (Å²) in [7, 11) is 1.57.